The second kappa shape index (κ2) is 10.5. The lowest BCUT2D eigenvalue weighted by molar-refractivity contribution is -0.141. The number of alkyl halides is 2. The van der Waals surface area contributed by atoms with E-state index in [9.17, 15) is 13.6 Å². The highest BCUT2D eigenvalue weighted by atomic mass is 19.3. The number of carbonyl (C=O) groups excluding carboxylic acids is 1. The summed E-state index contributed by atoms with van der Waals surface area (Å²) < 4.78 is 28.6. The molecule has 0 bridgehead atoms. The van der Waals surface area contributed by atoms with Crippen molar-refractivity contribution in [1.82, 2.24) is 29.5 Å². The van der Waals surface area contributed by atoms with E-state index in [1.807, 2.05) is 43.5 Å². The van der Waals surface area contributed by atoms with Gasteiger partial charge < -0.3 is 15.1 Å². The number of nitrogens with zero attached hydrogens (tertiary/aromatic N) is 6. The van der Waals surface area contributed by atoms with E-state index in [4.69, 9.17) is 4.98 Å². The number of likely N-dealkylation sites (N-methyl/N-ethyl adjacent to an activating group) is 1. The van der Waals surface area contributed by atoms with Gasteiger partial charge in [-0.15, -0.1) is 0 Å². The number of piperidine rings is 1. The molecule has 1 N–H and O–H groups in total. The molecule has 196 valence electrons. The number of aromatic nitrogens is 4. The molecule has 0 aliphatic carbocycles. The molecule has 3 atom stereocenters. The Labute approximate surface area is 215 Å². The molecular formula is C27H33F2N7O. The number of hydrogen-bond donors (Lipinski definition) is 1. The maximum Gasteiger partial charge on any atom is 0.263 e. The molecule has 0 saturated carbocycles. The van der Waals surface area contributed by atoms with Crippen LogP contribution in [0.15, 0.2) is 42.7 Å². The smallest absolute Gasteiger partial charge is 0.263 e. The van der Waals surface area contributed by atoms with Crippen LogP contribution in [-0.2, 0) is 31.4 Å². The number of carbonyl (C=O) groups is 1. The number of halogens is 2. The van der Waals surface area contributed by atoms with E-state index in [-0.39, 0.29) is 29.3 Å². The topological polar surface area (TPSA) is 79.2 Å². The third kappa shape index (κ3) is 5.49. The van der Waals surface area contributed by atoms with Crippen LogP contribution in [-0.4, -0.2) is 61.6 Å². The summed E-state index contributed by atoms with van der Waals surface area (Å²) in [5.41, 5.74) is 3.58. The Bertz CT molecular complexity index is 1260. The van der Waals surface area contributed by atoms with Crippen molar-refractivity contribution in [2.75, 3.05) is 25.5 Å². The number of likely N-dealkylation sites (tertiary alicyclic amines) is 1. The third-order valence-corrected chi connectivity index (χ3v) is 7.53. The molecule has 3 aromatic rings. The first-order valence-corrected chi connectivity index (χ1v) is 12.7. The molecule has 2 aliphatic rings. The van der Waals surface area contributed by atoms with Gasteiger partial charge in [0.25, 0.3) is 6.43 Å². The van der Waals surface area contributed by atoms with Crippen molar-refractivity contribution < 1.29 is 13.6 Å². The Morgan fingerprint density at radius 2 is 2.08 bits per heavy atom. The van der Waals surface area contributed by atoms with Crippen LogP contribution in [0.1, 0.15) is 53.8 Å². The summed E-state index contributed by atoms with van der Waals surface area (Å²) in [6, 6.07) is 8.49. The van der Waals surface area contributed by atoms with Gasteiger partial charge in [0, 0.05) is 49.4 Å². The van der Waals surface area contributed by atoms with Gasteiger partial charge in [0.1, 0.15) is 0 Å². The van der Waals surface area contributed by atoms with Crippen molar-refractivity contribution >= 4 is 11.9 Å². The lowest BCUT2D eigenvalue weighted by atomic mass is 9.79. The minimum Gasteiger partial charge on any atom is -0.348 e. The van der Waals surface area contributed by atoms with Crippen LogP contribution in [0.4, 0.5) is 14.7 Å². The number of benzene rings is 1. The Hall–Kier alpha value is -3.40. The molecule has 1 fully saturated rings. The number of anilines is 1. The summed E-state index contributed by atoms with van der Waals surface area (Å²) >= 11 is 0. The molecule has 8 nitrogen and oxygen atoms in total. The summed E-state index contributed by atoms with van der Waals surface area (Å²) in [4.78, 5) is 27.2. The highest BCUT2D eigenvalue weighted by Crippen LogP contribution is 2.36. The maximum absolute atomic E-state index is 14.0. The fourth-order valence-electron chi connectivity index (χ4n) is 5.49. The quantitative estimate of drug-likeness (QED) is 0.545. The van der Waals surface area contributed by atoms with E-state index < -0.39 is 6.43 Å². The SMILES string of the molecule is C[C@@H]1Cc2cnc(NCc3ccn(C)n3)nc2CN1C(=O)[C@@H]1CCN(C)C[C@H]1c1cccc(C(F)F)c1. The largest absolute Gasteiger partial charge is 0.348 e. The van der Waals surface area contributed by atoms with Crippen molar-refractivity contribution in [2.24, 2.45) is 13.0 Å². The Morgan fingerprint density at radius 3 is 2.84 bits per heavy atom. The molecule has 0 unspecified atom stereocenters. The van der Waals surface area contributed by atoms with E-state index in [1.54, 1.807) is 16.8 Å². The number of amides is 1. The van der Waals surface area contributed by atoms with Crippen molar-refractivity contribution in [2.45, 2.75) is 51.2 Å². The van der Waals surface area contributed by atoms with Crippen molar-refractivity contribution in [3.05, 3.63) is 70.8 Å². The maximum atomic E-state index is 14.0. The number of fused-ring (bicyclic) bond motifs is 1. The standard InChI is InChI=1S/C27H33F2N7O/c1-17-11-20-13-30-27(31-14-21-7-10-35(3)33-21)32-24(20)16-36(17)26(37)22-8-9-34(2)15-23(22)18-5-4-6-19(12-18)25(28)29/h4-7,10,12-13,17,22-23,25H,8-9,11,14-16H2,1-3H3,(H,30,31,32)/t17-,22-,23+/m1/s1. The minimum atomic E-state index is -2.53. The fourth-order valence-corrected chi connectivity index (χ4v) is 5.49. The molecule has 2 aromatic heterocycles. The van der Waals surface area contributed by atoms with Crippen LogP contribution in [0.2, 0.25) is 0 Å². The van der Waals surface area contributed by atoms with E-state index in [1.165, 1.54) is 6.07 Å². The first-order valence-electron chi connectivity index (χ1n) is 12.7. The van der Waals surface area contributed by atoms with Crippen molar-refractivity contribution in [3.63, 3.8) is 0 Å². The van der Waals surface area contributed by atoms with Crippen LogP contribution in [0.3, 0.4) is 0 Å². The normalized spacial score (nSPS) is 22.2. The number of hydrogen-bond acceptors (Lipinski definition) is 6. The van der Waals surface area contributed by atoms with E-state index in [2.05, 4.69) is 27.2 Å². The summed E-state index contributed by atoms with van der Waals surface area (Å²) in [5, 5.41) is 7.59. The molecule has 0 spiro atoms. The average molecular weight is 510 g/mol. The molecule has 0 radical (unpaired) electrons. The number of aryl methyl sites for hydroxylation is 1. The molecule has 2 aliphatic heterocycles. The summed E-state index contributed by atoms with van der Waals surface area (Å²) in [7, 11) is 3.89. The van der Waals surface area contributed by atoms with Crippen molar-refractivity contribution in [3.8, 4) is 0 Å². The molecular weight excluding hydrogens is 476 g/mol. The highest BCUT2D eigenvalue weighted by Gasteiger charge is 2.39. The van der Waals surface area contributed by atoms with E-state index in [0.29, 0.717) is 38.4 Å². The highest BCUT2D eigenvalue weighted by molar-refractivity contribution is 5.81. The fraction of sp³-hybridized carbons (Fsp3) is 0.481. The lowest BCUT2D eigenvalue weighted by Crippen LogP contribution is -2.50. The zero-order chi connectivity index (χ0) is 26.1. The van der Waals surface area contributed by atoms with Gasteiger partial charge in [-0.25, -0.2) is 18.7 Å². The lowest BCUT2D eigenvalue weighted by Gasteiger charge is -2.42. The monoisotopic (exact) mass is 509 g/mol. The molecule has 37 heavy (non-hydrogen) atoms. The van der Waals surface area contributed by atoms with Gasteiger partial charge in [0.05, 0.1) is 24.5 Å². The summed E-state index contributed by atoms with van der Waals surface area (Å²) in [6.45, 7) is 4.42. The van der Waals surface area contributed by atoms with Gasteiger partial charge in [0.2, 0.25) is 11.9 Å². The van der Waals surface area contributed by atoms with Gasteiger partial charge in [-0.3, -0.25) is 9.48 Å². The second-order valence-corrected chi connectivity index (χ2v) is 10.3. The molecule has 1 amide bonds. The van der Waals surface area contributed by atoms with Gasteiger partial charge in [0.15, 0.2) is 0 Å². The van der Waals surface area contributed by atoms with Gasteiger partial charge >= 0.3 is 0 Å². The molecule has 1 aromatic carbocycles. The molecule has 5 rings (SSSR count). The van der Waals surface area contributed by atoms with Crippen LogP contribution in [0.25, 0.3) is 0 Å². The number of nitrogens with one attached hydrogen (secondary N) is 1. The molecule has 4 heterocycles. The summed E-state index contributed by atoms with van der Waals surface area (Å²) in [5.74, 6) is 0.170. The Morgan fingerprint density at radius 1 is 1.24 bits per heavy atom. The minimum absolute atomic E-state index is 0.000347. The van der Waals surface area contributed by atoms with E-state index >= 15 is 0 Å². The number of rotatable bonds is 6. The summed E-state index contributed by atoms with van der Waals surface area (Å²) in [6.07, 6.45) is 2.56. The van der Waals surface area contributed by atoms with Crippen LogP contribution < -0.4 is 5.32 Å². The average Bonchev–Trinajstić information content (AvgIpc) is 3.31. The van der Waals surface area contributed by atoms with Crippen molar-refractivity contribution in [1.29, 1.82) is 0 Å². The van der Waals surface area contributed by atoms with Crippen LogP contribution in [0.5, 0.6) is 0 Å². The van der Waals surface area contributed by atoms with Crippen LogP contribution in [0, 0.1) is 5.92 Å². The zero-order valence-corrected chi connectivity index (χ0v) is 21.4. The molecule has 1 saturated heterocycles. The third-order valence-electron chi connectivity index (χ3n) is 7.53. The second-order valence-electron chi connectivity index (χ2n) is 10.3. The van der Waals surface area contributed by atoms with Gasteiger partial charge in [-0.1, -0.05) is 18.2 Å². The van der Waals surface area contributed by atoms with Gasteiger partial charge in [-0.2, -0.15) is 5.10 Å². The predicted molar refractivity (Wildman–Crippen MR) is 136 cm³/mol. The van der Waals surface area contributed by atoms with Gasteiger partial charge in [-0.05, 0) is 56.6 Å². The van der Waals surface area contributed by atoms with E-state index in [0.717, 1.165) is 29.1 Å². The Balaban J connectivity index is 1.34. The zero-order valence-electron chi connectivity index (χ0n) is 21.4. The Kier molecular flexibility index (Phi) is 7.19. The molecule has 10 heteroatoms. The first-order chi connectivity index (χ1) is 17.8. The first kappa shape index (κ1) is 25.3. The van der Waals surface area contributed by atoms with Crippen LogP contribution >= 0.6 is 0 Å². The predicted octanol–water partition coefficient (Wildman–Crippen LogP) is 3.77.